The lowest BCUT2D eigenvalue weighted by Crippen LogP contribution is -2.34. The molecule has 1 aliphatic rings. The number of nitrogens with one attached hydrogen (secondary N) is 2. The predicted octanol–water partition coefficient (Wildman–Crippen LogP) is 10.6. The van der Waals surface area contributed by atoms with Crippen LogP contribution in [-0.4, -0.2) is 60.0 Å². The van der Waals surface area contributed by atoms with Crippen molar-refractivity contribution in [2.24, 2.45) is 23.7 Å². The van der Waals surface area contributed by atoms with E-state index in [9.17, 15) is 13.2 Å². The number of hydrogen-bond acceptors (Lipinski definition) is 6. The van der Waals surface area contributed by atoms with E-state index in [0.717, 1.165) is 32.1 Å². The lowest BCUT2D eigenvalue weighted by molar-refractivity contribution is 0.136. The molecule has 0 spiro atoms. The van der Waals surface area contributed by atoms with Gasteiger partial charge in [0.05, 0.1) is 25.0 Å². The number of anilines is 1. The molecule has 2 atom stereocenters. The first kappa shape index (κ1) is 42.5. The normalized spacial score (nSPS) is 18.6. The quantitative estimate of drug-likeness (QED) is 0.0597. The standard InChI is InChI=1S/C42H62N6O5S/c1-9-12-13-14-15-16-17-18-19-20-25-54(50,51)46-33-21-22-37(52-8)35(28-33)39-44-40-36(29-34-31(5)26-30(4)27-32(34)6)38(43-7)41(48(40)45-39)53-42(49)47(23-10-2)24-11-3/h10-11,21-22,28,30-32,34,46H,2-3,9,12-20,23-27,29H2,1,4-6,8H3,(H,44,45). The van der Waals surface area contributed by atoms with Crippen LogP contribution in [0, 0.1) is 30.2 Å². The van der Waals surface area contributed by atoms with Gasteiger partial charge in [0.1, 0.15) is 11.4 Å². The molecule has 4 rings (SSSR count). The van der Waals surface area contributed by atoms with Crippen LogP contribution in [0.25, 0.3) is 21.9 Å². The van der Waals surface area contributed by atoms with E-state index < -0.39 is 16.1 Å². The summed E-state index contributed by atoms with van der Waals surface area (Å²) in [5.74, 6) is 2.73. The van der Waals surface area contributed by atoms with E-state index in [-0.39, 0.29) is 30.4 Å². The molecule has 1 aromatic carbocycles. The van der Waals surface area contributed by atoms with E-state index in [2.05, 4.69) is 55.5 Å². The number of benzene rings is 1. The monoisotopic (exact) mass is 762 g/mol. The molecule has 3 aromatic rings. The number of sulfonamides is 1. The maximum atomic E-state index is 13.5. The van der Waals surface area contributed by atoms with Gasteiger partial charge in [0.2, 0.25) is 15.9 Å². The second-order valence-electron chi connectivity index (χ2n) is 15.2. The Balaban J connectivity index is 1.62. The molecule has 296 valence electrons. The van der Waals surface area contributed by atoms with E-state index in [0.29, 0.717) is 70.5 Å². The summed E-state index contributed by atoms with van der Waals surface area (Å²) in [6, 6.07) is 5.06. The van der Waals surface area contributed by atoms with Gasteiger partial charge in [-0.25, -0.2) is 27.6 Å². The second-order valence-corrected chi connectivity index (χ2v) is 17.1. The third-order valence-corrected chi connectivity index (χ3v) is 12.2. The average molecular weight is 763 g/mol. The van der Waals surface area contributed by atoms with Crippen LogP contribution in [0.3, 0.4) is 0 Å². The molecule has 1 aliphatic carbocycles. The third kappa shape index (κ3) is 11.2. The molecule has 1 amide bonds. The van der Waals surface area contributed by atoms with E-state index in [1.54, 1.807) is 42.0 Å². The number of ether oxygens (including phenoxy) is 2. The topological polar surface area (TPSA) is 122 Å². The Hall–Kier alpha value is -4.24. The number of carbonyl (C=O) groups is 1. The number of H-pyrrole nitrogens is 1. The van der Waals surface area contributed by atoms with E-state index in [4.69, 9.17) is 21.0 Å². The van der Waals surface area contributed by atoms with Crippen molar-refractivity contribution < 1.29 is 22.7 Å². The molecule has 54 heavy (non-hydrogen) atoms. The molecule has 1 fully saturated rings. The van der Waals surface area contributed by atoms with Gasteiger partial charge in [-0.15, -0.1) is 13.2 Å². The number of amides is 1. The minimum Gasteiger partial charge on any atom is -0.496 e. The molecular weight excluding hydrogens is 701 g/mol. The molecule has 2 heterocycles. The van der Waals surface area contributed by atoms with Gasteiger partial charge >= 0.3 is 6.09 Å². The summed E-state index contributed by atoms with van der Waals surface area (Å²) in [5.41, 5.74) is 2.33. The number of carbonyl (C=O) groups excluding carboxylic acids is 1. The maximum Gasteiger partial charge on any atom is 0.416 e. The lowest BCUT2D eigenvalue weighted by atomic mass is 9.67. The number of unbranched alkanes of at least 4 members (excludes halogenated alkanes) is 9. The highest BCUT2D eigenvalue weighted by Gasteiger charge is 2.35. The Kier molecular flexibility index (Phi) is 16.1. The first-order valence-electron chi connectivity index (χ1n) is 19.8. The summed E-state index contributed by atoms with van der Waals surface area (Å²) in [4.78, 5) is 23.8. The summed E-state index contributed by atoms with van der Waals surface area (Å²) in [7, 11) is -2.05. The van der Waals surface area contributed by atoms with Gasteiger partial charge in [-0.05, 0) is 67.6 Å². The van der Waals surface area contributed by atoms with Crippen LogP contribution < -0.4 is 14.2 Å². The molecule has 2 aromatic heterocycles. The van der Waals surface area contributed by atoms with Crippen LogP contribution >= 0.6 is 0 Å². The van der Waals surface area contributed by atoms with Crippen molar-refractivity contribution in [1.29, 1.82) is 0 Å². The largest absolute Gasteiger partial charge is 0.496 e. The molecule has 0 saturated heterocycles. The molecule has 0 radical (unpaired) electrons. The van der Waals surface area contributed by atoms with Crippen LogP contribution in [0.2, 0.25) is 0 Å². The van der Waals surface area contributed by atoms with Crippen LogP contribution in [0.15, 0.2) is 43.5 Å². The number of methoxy groups -OCH3 is 1. The van der Waals surface area contributed by atoms with Crippen LogP contribution in [0.5, 0.6) is 11.6 Å². The van der Waals surface area contributed by atoms with Crippen LogP contribution in [-0.2, 0) is 16.4 Å². The van der Waals surface area contributed by atoms with Gasteiger partial charge in [-0.3, -0.25) is 9.82 Å². The summed E-state index contributed by atoms with van der Waals surface area (Å²) < 4.78 is 42.3. The van der Waals surface area contributed by atoms with Crippen molar-refractivity contribution in [1.82, 2.24) is 19.5 Å². The van der Waals surface area contributed by atoms with Crippen molar-refractivity contribution >= 4 is 33.1 Å². The van der Waals surface area contributed by atoms with Gasteiger partial charge in [0, 0.05) is 24.3 Å². The van der Waals surface area contributed by atoms with Crippen molar-refractivity contribution in [3.8, 4) is 23.0 Å². The molecule has 2 unspecified atom stereocenters. The molecule has 11 nitrogen and oxygen atoms in total. The SMILES string of the molecule is [C-]#[N+]c1c(CC2C(C)CC(C)CC2C)c2nc(-c3cc(NS(=O)(=O)CCCCCCCCCCCC)ccc3OC)[nH]n2c1OC(=O)N(CC=C)CC=C. The Morgan fingerprint density at radius 1 is 1.04 bits per heavy atom. The number of hydrogen-bond donors (Lipinski definition) is 2. The highest BCUT2D eigenvalue weighted by atomic mass is 32.2. The van der Waals surface area contributed by atoms with Gasteiger partial charge in [0.25, 0.3) is 5.69 Å². The molecule has 1 saturated carbocycles. The number of rotatable bonds is 22. The number of aromatic amines is 1. The van der Waals surface area contributed by atoms with E-state index in [1.165, 1.54) is 43.4 Å². The molecular formula is C42H62N6O5S. The Morgan fingerprint density at radius 2 is 1.65 bits per heavy atom. The van der Waals surface area contributed by atoms with Crippen molar-refractivity contribution in [3.63, 3.8) is 0 Å². The van der Waals surface area contributed by atoms with Gasteiger partial charge in [-0.1, -0.05) is 97.6 Å². The lowest BCUT2D eigenvalue weighted by Gasteiger charge is -2.38. The second kappa shape index (κ2) is 20.4. The maximum absolute atomic E-state index is 13.5. The number of fused-ring (bicyclic) bond motifs is 1. The first-order chi connectivity index (χ1) is 26.0. The van der Waals surface area contributed by atoms with Crippen molar-refractivity contribution in [2.45, 2.75) is 111 Å². The highest BCUT2D eigenvalue weighted by molar-refractivity contribution is 7.92. The Morgan fingerprint density at radius 3 is 2.22 bits per heavy atom. The number of nitrogens with zero attached hydrogens (tertiary/aromatic N) is 4. The van der Waals surface area contributed by atoms with E-state index >= 15 is 0 Å². The highest BCUT2D eigenvalue weighted by Crippen LogP contribution is 2.45. The van der Waals surface area contributed by atoms with Crippen LogP contribution in [0.1, 0.15) is 110 Å². The van der Waals surface area contributed by atoms with Gasteiger partial charge in [-0.2, -0.15) is 0 Å². The van der Waals surface area contributed by atoms with Crippen molar-refractivity contribution in [3.05, 3.63) is 60.5 Å². The fourth-order valence-electron chi connectivity index (χ4n) is 8.11. The minimum atomic E-state index is -3.60. The summed E-state index contributed by atoms with van der Waals surface area (Å²) in [5, 5.41) is 3.26. The first-order valence-corrected chi connectivity index (χ1v) is 21.5. The minimum absolute atomic E-state index is 0.0402. The van der Waals surface area contributed by atoms with Gasteiger partial charge in [0.15, 0.2) is 5.82 Å². The smallest absolute Gasteiger partial charge is 0.416 e. The summed E-state index contributed by atoms with van der Waals surface area (Å²) in [6.07, 6.45) is 16.6. The Bertz CT molecular complexity index is 1840. The fraction of sp³-hybridized carbons (Fsp3) is 0.595. The molecule has 2 N–H and O–H groups in total. The molecule has 0 bridgehead atoms. The van der Waals surface area contributed by atoms with Gasteiger partial charge < -0.3 is 14.4 Å². The zero-order valence-electron chi connectivity index (χ0n) is 33.2. The summed E-state index contributed by atoms with van der Waals surface area (Å²) >= 11 is 0. The zero-order valence-corrected chi connectivity index (χ0v) is 34.0. The fourth-order valence-corrected chi connectivity index (χ4v) is 9.28. The third-order valence-electron chi connectivity index (χ3n) is 10.8. The van der Waals surface area contributed by atoms with E-state index in [1.807, 2.05) is 0 Å². The Labute approximate surface area is 323 Å². The number of aromatic nitrogens is 3. The van der Waals surface area contributed by atoms with Crippen LogP contribution in [0.4, 0.5) is 16.2 Å². The summed E-state index contributed by atoms with van der Waals surface area (Å²) in [6.45, 7) is 25.3. The van der Waals surface area contributed by atoms with Crippen molar-refractivity contribution in [2.75, 3.05) is 30.7 Å². The molecule has 0 aliphatic heterocycles. The zero-order chi connectivity index (χ0) is 39.3. The molecule has 12 heteroatoms. The average Bonchev–Trinajstić information content (AvgIpc) is 3.67. The predicted molar refractivity (Wildman–Crippen MR) is 219 cm³/mol.